The Morgan fingerprint density at radius 1 is 1.22 bits per heavy atom. The molecule has 45 heavy (non-hydrogen) atoms. The quantitative estimate of drug-likeness (QED) is 0.119. The number of sulfone groups is 1. The van der Waals surface area contributed by atoms with Gasteiger partial charge in [-0.1, -0.05) is 12.1 Å². The van der Waals surface area contributed by atoms with E-state index in [1.807, 2.05) is 11.8 Å². The van der Waals surface area contributed by atoms with Gasteiger partial charge in [0.15, 0.2) is 32.4 Å². The standard InChI is InChI=1S/C28H29F2N7O6S2/c1-15-12-22(35-34-15)31-25-24(43-4)26(36-11-10-16(38)14-36)33-27(32-25)44-21-9-8-17(13-19(21)29)45(41,42)28(2,3)18-6-5-7-20(23(18)30)37(39)40/h5-9,12-13,16,38H,10-11,14H2,1-4H3,(H2,31,32,33,34,35). The fourth-order valence-corrected chi connectivity index (χ4v) is 7.18. The van der Waals surface area contributed by atoms with Crippen molar-refractivity contribution in [2.45, 2.75) is 53.0 Å². The molecule has 0 bridgehead atoms. The molecule has 0 amide bonds. The first-order valence-electron chi connectivity index (χ1n) is 13.6. The largest absolute Gasteiger partial charge is 0.490 e. The van der Waals surface area contributed by atoms with Gasteiger partial charge in [0.05, 0.1) is 32.7 Å². The number of ether oxygens (including phenoxy) is 1. The molecular formula is C28H29F2N7O6S2. The second-order valence-electron chi connectivity index (χ2n) is 10.8. The molecule has 0 aliphatic carbocycles. The van der Waals surface area contributed by atoms with Crippen LogP contribution in [0.5, 0.6) is 5.75 Å². The summed E-state index contributed by atoms with van der Waals surface area (Å²) in [6, 6.07) is 8.23. The molecule has 1 saturated heterocycles. The smallest absolute Gasteiger partial charge is 0.305 e. The number of nitro groups is 1. The highest BCUT2D eigenvalue weighted by Gasteiger charge is 2.41. The lowest BCUT2D eigenvalue weighted by Crippen LogP contribution is -2.30. The molecule has 1 atom stereocenters. The monoisotopic (exact) mass is 661 g/mol. The van der Waals surface area contributed by atoms with E-state index in [0.29, 0.717) is 31.1 Å². The van der Waals surface area contributed by atoms with E-state index in [4.69, 9.17) is 4.74 Å². The molecule has 1 aliphatic heterocycles. The number of nitrogens with one attached hydrogen (secondary N) is 2. The second kappa shape index (κ2) is 12.2. The minimum absolute atomic E-state index is 0.00702. The van der Waals surface area contributed by atoms with Crippen molar-refractivity contribution in [3.63, 3.8) is 0 Å². The summed E-state index contributed by atoms with van der Waals surface area (Å²) in [5.41, 5.74) is -0.502. The molecule has 3 heterocycles. The number of methoxy groups -OCH3 is 1. The van der Waals surface area contributed by atoms with Gasteiger partial charge in [-0.05, 0) is 57.2 Å². The number of β-amino-alcohol motifs (C(OH)–C–C–N with tert-alkyl or cyclic N) is 1. The number of halogens is 2. The van der Waals surface area contributed by atoms with E-state index in [1.54, 1.807) is 6.07 Å². The van der Waals surface area contributed by atoms with Gasteiger partial charge in [-0.15, -0.1) is 0 Å². The normalized spacial score (nSPS) is 15.4. The van der Waals surface area contributed by atoms with Gasteiger partial charge in [-0.25, -0.2) is 22.8 Å². The van der Waals surface area contributed by atoms with Crippen molar-refractivity contribution in [2.75, 3.05) is 30.4 Å². The molecule has 1 aliphatic rings. The number of hydrogen-bond acceptors (Lipinski definition) is 12. The molecular weight excluding hydrogens is 632 g/mol. The maximum atomic E-state index is 15.6. The van der Waals surface area contributed by atoms with Crippen molar-refractivity contribution in [1.29, 1.82) is 0 Å². The summed E-state index contributed by atoms with van der Waals surface area (Å²) in [5, 5.41) is 31.5. The summed E-state index contributed by atoms with van der Waals surface area (Å²) < 4.78 is 61.5. The van der Waals surface area contributed by atoms with Crippen LogP contribution in [0, 0.1) is 28.7 Å². The molecule has 13 nitrogen and oxygen atoms in total. The zero-order chi connectivity index (χ0) is 32.7. The Hall–Kier alpha value is -4.35. The van der Waals surface area contributed by atoms with E-state index >= 15 is 8.78 Å². The Balaban J connectivity index is 1.50. The number of aromatic amines is 1. The minimum atomic E-state index is -4.45. The van der Waals surface area contributed by atoms with Crippen LogP contribution in [-0.2, 0) is 14.6 Å². The Morgan fingerprint density at radius 3 is 2.58 bits per heavy atom. The van der Waals surface area contributed by atoms with Crippen LogP contribution in [0.4, 0.5) is 31.9 Å². The van der Waals surface area contributed by atoms with Gasteiger partial charge >= 0.3 is 5.69 Å². The van der Waals surface area contributed by atoms with Crippen LogP contribution in [0.1, 0.15) is 31.5 Å². The first kappa shape index (κ1) is 32.1. The highest BCUT2D eigenvalue weighted by atomic mass is 32.2. The predicted octanol–water partition coefficient (Wildman–Crippen LogP) is 4.88. The Kier molecular flexibility index (Phi) is 8.70. The van der Waals surface area contributed by atoms with E-state index < -0.39 is 53.4 Å². The summed E-state index contributed by atoms with van der Waals surface area (Å²) in [7, 11) is -3.00. The van der Waals surface area contributed by atoms with Gasteiger partial charge in [0.25, 0.3) is 0 Å². The predicted molar refractivity (Wildman–Crippen MR) is 162 cm³/mol. The van der Waals surface area contributed by atoms with Gasteiger partial charge in [-0.2, -0.15) is 9.49 Å². The summed E-state index contributed by atoms with van der Waals surface area (Å²) in [5.74, 6) is -0.870. The number of benzene rings is 2. The number of rotatable bonds is 10. The highest BCUT2D eigenvalue weighted by molar-refractivity contribution is 7.99. The number of nitro benzene ring substituents is 1. The molecule has 2 aromatic heterocycles. The number of hydrogen-bond donors (Lipinski definition) is 3. The van der Waals surface area contributed by atoms with Crippen molar-refractivity contribution in [3.05, 3.63) is 75.5 Å². The van der Waals surface area contributed by atoms with Crippen molar-refractivity contribution in [3.8, 4) is 5.75 Å². The molecule has 0 saturated carbocycles. The number of aryl methyl sites for hydroxylation is 1. The first-order chi connectivity index (χ1) is 21.2. The zero-order valence-corrected chi connectivity index (χ0v) is 26.2. The Bertz CT molecular complexity index is 1890. The zero-order valence-electron chi connectivity index (χ0n) is 24.5. The van der Waals surface area contributed by atoms with Crippen LogP contribution in [-0.4, -0.2) is 64.9 Å². The fraction of sp³-hybridized carbons (Fsp3) is 0.321. The lowest BCUT2D eigenvalue weighted by atomic mass is 10.0. The van der Waals surface area contributed by atoms with Crippen LogP contribution in [0.15, 0.2) is 57.4 Å². The lowest BCUT2D eigenvalue weighted by molar-refractivity contribution is -0.387. The molecule has 17 heteroatoms. The number of H-pyrrole nitrogens is 1. The number of aliphatic hydroxyl groups excluding tert-OH is 1. The van der Waals surface area contributed by atoms with Crippen LogP contribution in [0.25, 0.3) is 0 Å². The molecule has 1 fully saturated rings. The van der Waals surface area contributed by atoms with Crippen LogP contribution in [0.2, 0.25) is 0 Å². The van der Waals surface area contributed by atoms with Gasteiger partial charge in [0.1, 0.15) is 5.82 Å². The third kappa shape index (κ3) is 6.14. The number of aromatic nitrogens is 4. The van der Waals surface area contributed by atoms with Crippen LogP contribution >= 0.6 is 11.8 Å². The maximum Gasteiger partial charge on any atom is 0.305 e. The van der Waals surface area contributed by atoms with Gasteiger partial charge < -0.3 is 20.1 Å². The molecule has 2 aromatic carbocycles. The fourth-order valence-electron chi connectivity index (χ4n) is 4.88. The molecule has 0 radical (unpaired) electrons. The van der Waals surface area contributed by atoms with Crippen molar-refractivity contribution in [1.82, 2.24) is 20.2 Å². The van der Waals surface area contributed by atoms with E-state index in [-0.39, 0.29) is 21.6 Å². The number of anilines is 3. The Labute approximate surface area is 261 Å². The molecule has 3 N–H and O–H groups in total. The average molecular weight is 662 g/mol. The van der Waals surface area contributed by atoms with E-state index in [1.165, 1.54) is 39.2 Å². The van der Waals surface area contributed by atoms with Crippen molar-refractivity contribution in [2.24, 2.45) is 0 Å². The van der Waals surface area contributed by atoms with Gasteiger partial charge in [0, 0.05) is 36.5 Å². The molecule has 5 rings (SSSR count). The highest BCUT2D eigenvalue weighted by Crippen LogP contribution is 2.42. The first-order valence-corrected chi connectivity index (χ1v) is 15.9. The number of nitrogens with zero attached hydrogens (tertiary/aromatic N) is 5. The van der Waals surface area contributed by atoms with E-state index in [9.17, 15) is 23.6 Å². The Morgan fingerprint density at radius 2 is 1.98 bits per heavy atom. The van der Waals surface area contributed by atoms with Crippen molar-refractivity contribution < 1.29 is 32.0 Å². The van der Waals surface area contributed by atoms with Gasteiger partial charge in [-0.3, -0.25) is 15.2 Å². The van der Waals surface area contributed by atoms with Crippen LogP contribution in [0.3, 0.4) is 0 Å². The molecule has 4 aromatic rings. The van der Waals surface area contributed by atoms with E-state index in [0.717, 1.165) is 35.7 Å². The van der Waals surface area contributed by atoms with E-state index in [2.05, 4.69) is 25.5 Å². The average Bonchev–Trinajstić information content (AvgIpc) is 3.60. The van der Waals surface area contributed by atoms with Gasteiger partial charge in [0.2, 0.25) is 11.6 Å². The summed E-state index contributed by atoms with van der Waals surface area (Å²) >= 11 is 0.828. The molecule has 1 unspecified atom stereocenters. The SMILES string of the molecule is COc1c(Nc2cc(C)[nH]n2)nc(Sc2ccc(S(=O)(=O)C(C)(C)c3cccc([N+](=O)[O-])c3F)cc2F)nc1N1CCC(O)C1. The topological polar surface area (TPSA) is 176 Å². The molecule has 0 spiro atoms. The minimum Gasteiger partial charge on any atom is -0.490 e. The maximum absolute atomic E-state index is 15.6. The number of aliphatic hydroxyl groups is 1. The summed E-state index contributed by atoms with van der Waals surface area (Å²) in [6.45, 7) is 4.99. The van der Waals surface area contributed by atoms with Crippen molar-refractivity contribution >= 4 is 44.7 Å². The molecule has 238 valence electrons. The van der Waals surface area contributed by atoms with Crippen LogP contribution < -0.4 is 15.0 Å². The lowest BCUT2D eigenvalue weighted by Gasteiger charge is -2.26. The third-order valence-corrected chi connectivity index (χ3v) is 10.7. The third-order valence-electron chi connectivity index (χ3n) is 7.36. The second-order valence-corrected chi connectivity index (χ2v) is 14.3. The summed E-state index contributed by atoms with van der Waals surface area (Å²) in [6.07, 6.45) is -0.0594. The summed E-state index contributed by atoms with van der Waals surface area (Å²) in [4.78, 5) is 20.7.